The topological polar surface area (TPSA) is 72.8 Å². The van der Waals surface area contributed by atoms with Gasteiger partial charge in [-0.05, 0) is 62.2 Å². The van der Waals surface area contributed by atoms with Crippen LogP contribution in [-0.4, -0.2) is 33.8 Å². The van der Waals surface area contributed by atoms with E-state index in [0.717, 1.165) is 17.1 Å². The van der Waals surface area contributed by atoms with E-state index in [-0.39, 0.29) is 17.5 Å². The molecule has 158 valence electrons. The molecule has 0 saturated carbocycles. The Morgan fingerprint density at radius 3 is 2.57 bits per heavy atom. The first-order valence-corrected chi connectivity index (χ1v) is 12.8. The van der Waals surface area contributed by atoms with Crippen LogP contribution in [0.4, 0.5) is 11.4 Å². The SMILES string of the molecule is Cc1ccc(NC2=CC3Sc4cc(C)ccc4N(CCCP(=O)(O)O)C3C=C2)cc1. The van der Waals surface area contributed by atoms with Crippen LogP contribution in [0.25, 0.3) is 0 Å². The molecule has 0 saturated heterocycles. The number of benzene rings is 2. The fraction of sp³-hybridized carbons (Fsp3) is 0.304. The molecule has 1 aliphatic heterocycles. The Labute approximate surface area is 182 Å². The van der Waals surface area contributed by atoms with Gasteiger partial charge in [-0.1, -0.05) is 29.8 Å². The summed E-state index contributed by atoms with van der Waals surface area (Å²) in [6.07, 6.45) is 6.94. The Kier molecular flexibility index (Phi) is 6.12. The largest absolute Gasteiger partial charge is 0.363 e. The summed E-state index contributed by atoms with van der Waals surface area (Å²) in [5.74, 6) is 0. The van der Waals surface area contributed by atoms with E-state index >= 15 is 0 Å². The third-order valence-electron chi connectivity index (χ3n) is 5.39. The van der Waals surface area contributed by atoms with Gasteiger partial charge in [0.2, 0.25) is 0 Å². The molecule has 1 heterocycles. The maximum Gasteiger partial charge on any atom is 0.325 e. The lowest BCUT2D eigenvalue weighted by Crippen LogP contribution is -2.45. The van der Waals surface area contributed by atoms with Gasteiger partial charge in [0, 0.05) is 22.8 Å². The third-order valence-corrected chi connectivity index (χ3v) is 7.56. The number of hydrogen-bond donors (Lipinski definition) is 3. The van der Waals surface area contributed by atoms with Crippen molar-refractivity contribution in [3.8, 4) is 0 Å². The van der Waals surface area contributed by atoms with Crippen molar-refractivity contribution in [1.29, 1.82) is 0 Å². The molecule has 4 rings (SSSR count). The molecule has 0 fully saturated rings. The minimum absolute atomic E-state index is 0.0883. The number of fused-ring (bicyclic) bond motifs is 2. The van der Waals surface area contributed by atoms with E-state index in [1.54, 1.807) is 0 Å². The number of anilines is 2. The summed E-state index contributed by atoms with van der Waals surface area (Å²) in [6, 6.07) is 14.9. The predicted molar refractivity (Wildman–Crippen MR) is 126 cm³/mol. The highest BCUT2D eigenvalue weighted by atomic mass is 32.2. The number of nitrogens with zero attached hydrogens (tertiary/aromatic N) is 1. The summed E-state index contributed by atoms with van der Waals surface area (Å²) >= 11 is 1.85. The van der Waals surface area contributed by atoms with Gasteiger partial charge >= 0.3 is 7.60 Å². The normalized spacial score (nSPS) is 20.4. The second kappa shape index (κ2) is 8.64. The maximum absolute atomic E-state index is 11.3. The molecule has 1 aliphatic carbocycles. The molecular weight excluding hydrogens is 415 g/mol. The van der Waals surface area contributed by atoms with Gasteiger partial charge in [-0.15, -0.1) is 11.8 Å². The number of hydrogen-bond acceptors (Lipinski definition) is 4. The van der Waals surface area contributed by atoms with Crippen LogP contribution in [0, 0.1) is 13.8 Å². The molecule has 30 heavy (non-hydrogen) atoms. The first-order chi connectivity index (χ1) is 14.3. The minimum Gasteiger partial charge on any atom is -0.363 e. The van der Waals surface area contributed by atoms with E-state index in [1.165, 1.54) is 16.0 Å². The van der Waals surface area contributed by atoms with E-state index in [9.17, 15) is 14.4 Å². The van der Waals surface area contributed by atoms with Crippen LogP contribution in [0.1, 0.15) is 17.5 Å². The van der Waals surface area contributed by atoms with E-state index in [1.807, 2.05) is 11.8 Å². The molecule has 2 aliphatic rings. The Morgan fingerprint density at radius 1 is 1.10 bits per heavy atom. The van der Waals surface area contributed by atoms with Gasteiger partial charge in [0.05, 0.1) is 23.1 Å². The molecule has 2 atom stereocenters. The van der Waals surface area contributed by atoms with Crippen LogP contribution in [-0.2, 0) is 4.57 Å². The Hall–Kier alpha value is -1.98. The molecule has 0 bridgehead atoms. The minimum atomic E-state index is -3.99. The van der Waals surface area contributed by atoms with Gasteiger partial charge in [0.25, 0.3) is 0 Å². The molecule has 2 aromatic rings. The maximum atomic E-state index is 11.3. The molecule has 0 aromatic heterocycles. The number of rotatable bonds is 6. The predicted octanol–water partition coefficient (Wildman–Crippen LogP) is 5.09. The molecule has 0 spiro atoms. The summed E-state index contributed by atoms with van der Waals surface area (Å²) in [7, 11) is -3.99. The van der Waals surface area contributed by atoms with E-state index < -0.39 is 7.60 Å². The molecule has 3 N–H and O–H groups in total. The van der Waals surface area contributed by atoms with Crippen molar-refractivity contribution in [1.82, 2.24) is 0 Å². The van der Waals surface area contributed by atoms with Gasteiger partial charge in [-0.25, -0.2) is 0 Å². The van der Waals surface area contributed by atoms with E-state index in [4.69, 9.17) is 0 Å². The number of aryl methyl sites for hydroxylation is 2. The fourth-order valence-electron chi connectivity index (χ4n) is 3.89. The summed E-state index contributed by atoms with van der Waals surface area (Å²) in [6.45, 7) is 4.78. The van der Waals surface area contributed by atoms with Crippen LogP contribution >= 0.6 is 19.4 Å². The van der Waals surface area contributed by atoms with Crippen molar-refractivity contribution in [2.45, 2.75) is 36.5 Å². The van der Waals surface area contributed by atoms with Gasteiger partial charge in [0.15, 0.2) is 0 Å². The lowest BCUT2D eigenvalue weighted by atomic mass is 10.0. The zero-order valence-electron chi connectivity index (χ0n) is 17.2. The van der Waals surface area contributed by atoms with Gasteiger partial charge in [0.1, 0.15) is 0 Å². The second-order valence-corrected chi connectivity index (χ2v) is 10.9. The average molecular weight is 443 g/mol. The van der Waals surface area contributed by atoms with Crippen molar-refractivity contribution in [2.75, 3.05) is 22.9 Å². The molecule has 7 heteroatoms. The molecule has 0 amide bonds. The summed E-state index contributed by atoms with van der Waals surface area (Å²) in [4.78, 5) is 22.0. The molecular formula is C23H27N2O3PS. The quantitative estimate of drug-likeness (QED) is 0.542. The number of allylic oxidation sites excluding steroid dienone is 1. The van der Waals surface area contributed by atoms with Crippen molar-refractivity contribution >= 4 is 30.7 Å². The monoisotopic (exact) mass is 442 g/mol. The number of thioether (sulfide) groups is 1. The van der Waals surface area contributed by atoms with Crippen LogP contribution < -0.4 is 10.2 Å². The highest BCUT2D eigenvalue weighted by Crippen LogP contribution is 2.45. The van der Waals surface area contributed by atoms with Gasteiger partial charge in [-0.3, -0.25) is 4.57 Å². The summed E-state index contributed by atoms with van der Waals surface area (Å²) in [5, 5.41) is 3.72. The molecule has 2 aromatic carbocycles. The third kappa shape index (κ3) is 5.01. The highest BCUT2D eigenvalue weighted by Gasteiger charge is 2.34. The summed E-state index contributed by atoms with van der Waals surface area (Å²) < 4.78 is 11.3. The zero-order chi connectivity index (χ0) is 21.3. The van der Waals surface area contributed by atoms with Crippen molar-refractivity contribution in [3.05, 3.63) is 77.5 Å². The van der Waals surface area contributed by atoms with Crippen LogP contribution in [0.5, 0.6) is 0 Å². The molecule has 5 nitrogen and oxygen atoms in total. The smallest absolute Gasteiger partial charge is 0.325 e. The van der Waals surface area contributed by atoms with Crippen molar-refractivity contribution < 1.29 is 14.4 Å². The zero-order valence-corrected chi connectivity index (χ0v) is 18.9. The Bertz CT molecular complexity index is 1030. The van der Waals surface area contributed by atoms with Crippen LogP contribution in [0.2, 0.25) is 0 Å². The molecule has 0 radical (unpaired) electrons. The Morgan fingerprint density at radius 2 is 1.83 bits per heavy atom. The number of nitrogens with one attached hydrogen (secondary N) is 1. The average Bonchev–Trinajstić information content (AvgIpc) is 2.68. The first kappa shape index (κ1) is 21.3. The van der Waals surface area contributed by atoms with E-state index in [0.29, 0.717) is 13.0 Å². The summed E-state index contributed by atoms with van der Waals surface area (Å²) in [5.41, 5.74) is 5.72. The van der Waals surface area contributed by atoms with E-state index in [2.05, 4.69) is 84.8 Å². The van der Waals surface area contributed by atoms with Crippen molar-refractivity contribution in [3.63, 3.8) is 0 Å². The highest BCUT2D eigenvalue weighted by molar-refractivity contribution is 8.00. The van der Waals surface area contributed by atoms with Gasteiger partial charge in [-0.2, -0.15) is 0 Å². The van der Waals surface area contributed by atoms with Crippen LogP contribution in [0.3, 0.4) is 0 Å². The molecule has 2 unspecified atom stereocenters. The standard InChI is InChI=1S/C23H27N2O3PS/c1-16-4-7-18(8-5-16)24-19-9-11-21-23(15-19)30-22-14-17(2)6-10-20(22)25(21)12-3-13-29(26,27)28/h4-11,14-15,21,23-24H,3,12-13H2,1-2H3,(H2,26,27,28). The second-order valence-electron chi connectivity index (χ2n) is 7.95. The van der Waals surface area contributed by atoms with Crippen molar-refractivity contribution in [2.24, 2.45) is 0 Å². The first-order valence-electron chi connectivity index (χ1n) is 10.1. The van der Waals surface area contributed by atoms with Gasteiger partial charge < -0.3 is 20.0 Å². The lowest BCUT2D eigenvalue weighted by molar-refractivity contribution is 0.371. The van der Waals surface area contributed by atoms with Crippen LogP contribution in [0.15, 0.2) is 71.3 Å². The Balaban J connectivity index is 1.57. The lowest BCUT2D eigenvalue weighted by Gasteiger charge is -2.42. The fourth-order valence-corrected chi connectivity index (χ4v) is 5.89.